The Bertz CT molecular complexity index is 806. The molecule has 142 valence electrons. The van der Waals surface area contributed by atoms with Gasteiger partial charge in [-0.2, -0.15) is 0 Å². The van der Waals surface area contributed by atoms with Gasteiger partial charge in [0.1, 0.15) is 5.82 Å². The van der Waals surface area contributed by atoms with E-state index in [4.69, 9.17) is 0 Å². The summed E-state index contributed by atoms with van der Waals surface area (Å²) < 4.78 is 13.4. The molecule has 4 nitrogen and oxygen atoms in total. The molecule has 0 bridgehead atoms. The summed E-state index contributed by atoms with van der Waals surface area (Å²) in [6.45, 7) is 6.06. The number of piperidine rings is 1. The van der Waals surface area contributed by atoms with Crippen molar-refractivity contribution in [3.8, 4) is 0 Å². The molecule has 27 heavy (non-hydrogen) atoms. The molecule has 1 aromatic carbocycles. The van der Waals surface area contributed by atoms with Crippen LogP contribution in [0.4, 0.5) is 10.1 Å². The molecule has 2 fully saturated rings. The van der Waals surface area contributed by atoms with E-state index in [1.54, 1.807) is 12.4 Å². The van der Waals surface area contributed by atoms with Crippen molar-refractivity contribution in [3.05, 3.63) is 60.2 Å². The van der Waals surface area contributed by atoms with Gasteiger partial charge in [-0.1, -0.05) is 6.07 Å². The summed E-state index contributed by atoms with van der Waals surface area (Å²) in [5, 5.41) is 0. The number of likely N-dealkylation sites (tertiary alicyclic amines) is 1. The third-order valence-corrected chi connectivity index (χ3v) is 5.97. The predicted molar refractivity (Wildman–Crippen MR) is 104 cm³/mol. The lowest BCUT2D eigenvalue weighted by Crippen LogP contribution is -2.50. The number of carbonyl (C=O) groups is 1. The minimum absolute atomic E-state index is 0.00439. The highest BCUT2D eigenvalue weighted by Crippen LogP contribution is 2.44. The van der Waals surface area contributed by atoms with Gasteiger partial charge >= 0.3 is 0 Å². The van der Waals surface area contributed by atoms with E-state index in [9.17, 15) is 9.18 Å². The number of pyridine rings is 1. The molecular weight excluding hydrogens is 341 g/mol. The van der Waals surface area contributed by atoms with E-state index in [1.165, 1.54) is 12.1 Å². The van der Waals surface area contributed by atoms with Gasteiger partial charge in [-0.3, -0.25) is 9.78 Å². The van der Waals surface area contributed by atoms with Crippen LogP contribution < -0.4 is 4.90 Å². The smallest absolute Gasteiger partial charge is 0.227 e. The lowest BCUT2D eigenvalue weighted by atomic mass is 9.89. The molecular formula is C22H26FN3O. The highest BCUT2D eigenvalue weighted by atomic mass is 19.1. The molecule has 5 heteroatoms. The molecule has 4 rings (SSSR count). The zero-order valence-electron chi connectivity index (χ0n) is 15.9. The van der Waals surface area contributed by atoms with Crippen LogP contribution in [-0.4, -0.2) is 40.5 Å². The van der Waals surface area contributed by atoms with Crippen LogP contribution in [0.25, 0.3) is 0 Å². The second kappa shape index (κ2) is 6.95. The van der Waals surface area contributed by atoms with Gasteiger partial charge in [0.25, 0.3) is 0 Å². The van der Waals surface area contributed by atoms with Crippen molar-refractivity contribution < 1.29 is 9.18 Å². The minimum atomic E-state index is -0.205. The Balaban J connectivity index is 1.48. The molecule has 0 spiro atoms. The van der Waals surface area contributed by atoms with E-state index in [-0.39, 0.29) is 17.3 Å². The Labute approximate surface area is 160 Å². The number of nitrogens with zero attached hydrogens (tertiary/aromatic N) is 3. The monoisotopic (exact) mass is 367 g/mol. The number of anilines is 1. The standard InChI is InChI=1S/C22H26FN3O/c1-22(2)13-17-15-25(21(27)12-16-4-3-10-24-14-16)11-9-20(17)26(22)19-7-5-18(23)6-8-19/h3-8,10,14,17,20H,9,11-13,15H2,1-2H3/t17-,20+/m1/s1. The number of rotatable bonds is 3. The molecule has 2 saturated heterocycles. The van der Waals surface area contributed by atoms with E-state index < -0.39 is 0 Å². The lowest BCUT2D eigenvalue weighted by Gasteiger charge is -2.42. The van der Waals surface area contributed by atoms with Gasteiger partial charge in [0.2, 0.25) is 5.91 Å². The molecule has 0 aliphatic carbocycles. The summed E-state index contributed by atoms with van der Waals surface area (Å²) in [5.74, 6) is 0.416. The quantitative estimate of drug-likeness (QED) is 0.831. The Hall–Kier alpha value is -2.43. The van der Waals surface area contributed by atoms with E-state index in [0.29, 0.717) is 18.4 Å². The van der Waals surface area contributed by atoms with Gasteiger partial charge in [0.05, 0.1) is 6.42 Å². The molecule has 0 N–H and O–H groups in total. The van der Waals surface area contributed by atoms with Crippen molar-refractivity contribution in [1.82, 2.24) is 9.88 Å². The molecule has 2 aliphatic rings. The average Bonchev–Trinajstić information content (AvgIpc) is 2.92. The Morgan fingerprint density at radius 2 is 2.04 bits per heavy atom. The van der Waals surface area contributed by atoms with Crippen molar-refractivity contribution in [2.24, 2.45) is 5.92 Å². The highest BCUT2D eigenvalue weighted by Gasteiger charge is 2.48. The molecule has 2 aliphatic heterocycles. The number of hydrogen-bond acceptors (Lipinski definition) is 3. The third-order valence-electron chi connectivity index (χ3n) is 5.97. The Morgan fingerprint density at radius 3 is 2.74 bits per heavy atom. The maximum Gasteiger partial charge on any atom is 0.227 e. The first kappa shape index (κ1) is 18.0. The zero-order valence-corrected chi connectivity index (χ0v) is 15.9. The minimum Gasteiger partial charge on any atom is -0.363 e. The predicted octanol–water partition coefficient (Wildman–Crippen LogP) is 3.67. The summed E-state index contributed by atoms with van der Waals surface area (Å²) >= 11 is 0. The van der Waals surface area contributed by atoms with Crippen LogP contribution in [0.15, 0.2) is 48.8 Å². The fourth-order valence-electron chi connectivity index (χ4n) is 4.91. The average molecular weight is 367 g/mol. The molecule has 1 amide bonds. The van der Waals surface area contributed by atoms with Crippen LogP contribution in [0.2, 0.25) is 0 Å². The first-order valence-corrected chi connectivity index (χ1v) is 9.66. The summed E-state index contributed by atoms with van der Waals surface area (Å²) in [6.07, 6.45) is 5.88. The maximum atomic E-state index is 13.4. The van der Waals surface area contributed by atoms with Crippen molar-refractivity contribution in [1.29, 1.82) is 0 Å². The molecule has 2 aromatic rings. The highest BCUT2D eigenvalue weighted by molar-refractivity contribution is 5.79. The third kappa shape index (κ3) is 3.55. The maximum absolute atomic E-state index is 13.4. The topological polar surface area (TPSA) is 36.4 Å². The van der Waals surface area contributed by atoms with Crippen molar-refractivity contribution >= 4 is 11.6 Å². The first-order chi connectivity index (χ1) is 12.9. The number of hydrogen-bond donors (Lipinski definition) is 0. The van der Waals surface area contributed by atoms with E-state index in [0.717, 1.165) is 37.2 Å². The van der Waals surface area contributed by atoms with E-state index >= 15 is 0 Å². The van der Waals surface area contributed by atoms with Crippen LogP contribution in [0.1, 0.15) is 32.3 Å². The van der Waals surface area contributed by atoms with Crippen LogP contribution >= 0.6 is 0 Å². The first-order valence-electron chi connectivity index (χ1n) is 9.66. The number of aromatic nitrogens is 1. The largest absolute Gasteiger partial charge is 0.363 e. The van der Waals surface area contributed by atoms with Crippen LogP contribution in [0.3, 0.4) is 0 Å². The van der Waals surface area contributed by atoms with Gasteiger partial charge < -0.3 is 9.80 Å². The van der Waals surface area contributed by atoms with Gasteiger partial charge in [0.15, 0.2) is 0 Å². The molecule has 1 aromatic heterocycles. The summed E-state index contributed by atoms with van der Waals surface area (Å²) in [7, 11) is 0. The molecule has 0 saturated carbocycles. The SMILES string of the molecule is CC1(C)C[C@@H]2CN(C(=O)Cc3cccnc3)CC[C@@H]2N1c1ccc(F)cc1. The Kier molecular flexibility index (Phi) is 4.62. The Morgan fingerprint density at radius 1 is 1.26 bits per heavy atom. The number of halogens is 1. The molecule has 0 unspecified atom stereocenters. The van der Waals surface area contributed by atoms with Crippen LogP contribution in [0.5, 0.6) is 0 Å². The molecule has 2 atom stereocenters. The van der Waals surface area contributed by atoms with Crippen molar-refractivity contribution in [2.45, 2.75) is 44.7 Å². The fraction of sp³-hybridized carbons (Fsp3) is 0.455. The second-order valence-corrected chi connectivity index (χ2v) is 8.36. The van der Waals surface area contributed by atoms with Crippen molar-refractivity contribution in [3.63, 3.8) is 0 Å². The normalized spacial score (nSPS) is 24.0. The zero-order chi connectivity index (χ0) is 19.0. The van der Waals surface area contributed by atoms with Crippen LogP contribution in [0, 0.1) is 11.7 Å². The van der Waals surface area contributed by atoms with Crippen molar-refractivity contribution in [2.75, 3.05) is 18.0 Å². The number of carbonyl (C=O) groups excluding carboxylic acids is 1. The summed E-state index contributed by atoms with van der Waals surface area (Å²) in [6, 6.07) is 11.0. The number of amides is 1. The van der Waals surface area contributed by atoms with Gasteiger partial charge in [-0.15, -0.1) is 0 Å². The van der Waals surface area contributed by atoms with Gasteiger partial charge in [-0.25, -0.2) is 4.39 Å². The number of benzene rings is 1. The fourth-order valence-corrected chi connectivity index (χ4v) is 4.91. The molecule has 0 radical (unpaired) electrons. The summed E-state index contributed by atoms with van der Waals surface area (Å²) in [5.41, 5.74) is 2.03. The van der Waals surface area contributed by atoms with Crippen LogP contribution in [-0.2, 0) is 11.2 Å². The lowest BCUT2D eigenvalue weighted by molar-refractivity contribution is -0.132. The molecule has 3 heterocycles. The summed E-state index contributed by atoms with van der Waals surface area (Å²) in [4.78, 5) is 21.3. The van der Waals surface area contributed by atoms with E-state index in [2.05, 4.69) is 23.7 Å². The number of fused-ring (bicyclic) bond motifs is 1. The second-order valence-electron chi connectivity index (χ2n) is 8.36. The van der Waals surface area contributed by atoms with Gasteiger partial charge in [0, 0.05) is 42.8 Å². The van der Waals surface area contributed by atoms with E-state index in [1.807, 2.05) is 29.2 Å². The van der Waals surface area contributed by atoms with Gasteiger partial charge in [-0.05, 0) is 68.5 Å².